The summed E-state index contributed by atoms with van der Waals surface area (Å²) in [5.41, 5.74) is 1.98. The number of carbonyl (C=O) groups excluding carboxylic acids is 1. The molecular formula is C16H22N2O3. The zero-order valence-corrected chi connectivity index (χ0v) is 12.2. The second-order valence-corrected chi connectivity index (χ2v) is 5.69. The fourth-order valence-corrected chi connectivity index (χ4v) is 2.82. The summed E-state index contributed by atoms with van der Waals surface area (Å²) in [5, 5.41) is 5.80. The second-order valence-electron chi connectivity index (χ2n) is 5.69. The molecule has 1 fully saturated rings. The van der Waals surface area contributed by atoms with Crippen LogP contribution in [0.3, 0.4) is 0 Å². The van der Waals surface area contributed by atoms with Crippen molar-refractivity contribution in [2.75, 3.05) is 31.7 Å². The van der Waals surface area contributed by atoms with Crippen LogP contribution < -0.4 is 15.4 Å². The number of anilines is 1. The third kappa shape index (κ3) is 3.88. The van der Waals surface area contributed by atoms with E-state index in [0.717, 1.165) is 56.9 Å². The van der Waals surface area contributed by atoms with E-state index in [1.165, 1.54) is 5.56 Å². The third-order valence-electron chi connectivity index (χ3n) is 3.97. The van der Waals surface area contributed by atoms with Gasteiger partial charge in [-0.25, -0.2) is 4.79 Å². The number of fused-ring (bicyclic) bond motifs is 1. The number of rotatable bonds is 3. The molecule has 0 bridgehead atoms. The molecule has 2 amide bonds. The van der Waals surface area contributed by atoms with Gasteiger partial charge in [-0.1, -0.05) is 0 Å². The highest BCUT2D eigenvalue weighted by atomic mass is 16.5. The van der Waals surface area contributed by atoms with Crippen molar-refractivity contribution in [3.05, 3.63) is 23.8 Å². The Morgan fingerprint density at radius 2 is 2.24 bits per heavy atom. The Hall–Kier alpha value is -1.75. The van der Waals surface area contributed by atoms with E-state index in [9.17, 15) is 4.79 Å². The monoisotopic (exact) mass is 290 g/mol. The lowest BCUT2D eigenvalue weighted by Gasteiger charge is -2.22. The summed E-state index contributed by atoms with van der Waals surface area (Å²) in [7, 11) is 0. The molecule has 0 saturated carbocycles. The Morgan fingerprint density at radius 1 is 1.29 bits per heavy atom. The van der Waals surface area contributed by atoms with Crippen molar-refractivity contribution in [3.63, 3.8) is 0 Å². The van der Waals surface area contributed by atoms with Gasteiger partial charge in [-0.3, -0.25) is 0 Å². The minimum absolute atomic E-state index is 0.155. The van der Waals surface area contributed by atoms with Crippen LogP contribution in [0.5, 0.6) is 5.75 Å². The lowest BCUT2D eigenvalue weighted by Crippen LogP contribution is -2.35. The van der Waals surface area contributed by atoms with Gasteiger partial charge in [0.25, 0.3) is 0 Å². The van der Waals surface area contributed by atoms with Crippen LogP contribution in [0.25, 0.3) is 0 Å². The van der Waals surface area contributed by atoms with Crippen molar-refractivity contribution in [3.8, 4) is 5.75 Å². The molecule has 0 aromatic heterocycles. The maximum Gasteiger partial charge on any atom is 0.319 e. The van der Waals surface area contributed by atoms with Gasteiger partial charge in [0, 0.05) is 18.8 Å². The number of nitrogens with one attached hydrogen (secondary N) is 2. The first-order valence-electron chi connectivity index (χ1n) is 7.69. The maximum absolute atomic E-state index is 11.9. The van der Waals surface area contributed by atoms with Crippen molar-refractivity contribution in [2.24, 2.45) is 5.92 Å². The average molecular weight is 290 g/mol. The largest absolute Gasteiger partial charge is 0.493 e. The average Bonchev–Trinajstić information content (AvgIpc) is 2.54. The molecule has 5 nitrogen and oxygen atoms in total. The lowest BCUT2D eigenvalue weighted by atomic mass is 10.0. The number of benzene rings is 1. The summed E-state index contributed by atoms with van der Waals surface area (Å²) < 4.78 is 11.0. The van der Waals surface area contributed by atoms with Gasteiger partial charge in [0.1, 0.15) is 5.75 Å². The number of hydrogen-bond donors (Lipinski definition) is 2. The van der Waals surface area contributed by atoms with Crippen LogP contribution in [0.4, 0.5) is 10.5 Å². The minimum atomic E-state index is -0.155. The van der Waals surface area contributed by atoms with Crippen molar-refractivity contribution < 1.29 is 14.3 Å². The Bertz CT molecular complexity index is 498. The first-order valence-corrected chi connectivity index (χ1v) is 7.69. The number of ether oxygens (including phenoxy) is 2. The zero-order chi connectivity index (χ0) is 14.5. The Balaban J connectivity index is 1.50. The van der Waals surface area contributed by atoms with Gasteiger partial charge in [-0.05, 0) is 55.4 Å². The minimum Gasteiger partial charge on any atom is -0.493 e. The van der Waals surface area contributed by atoms with Gasteiger partial charge >= 0.3 is 6.03 Å². The van der Waals surface area contributed by atoms with Crippen molar-refractivity contribution >= 4 is 11.7 Å². The van der Waals surface area contributed by atoms with Gasteiger partial charge in [0.2, 0.25) is 0 Å². The summed E-state index contributed by atoms with van der Waals surface area (Å²) in [6.45, 7) is 3.04. The Morgan fingerprint density at radius 3 is 3.10 bits per heavy atom. The summed E-state index contributed by atoms with van der Waals surface area (Å²) in [5.74, 6) is 1.37. The summed E-state index contributed by atoms with van der Waals surface area (Å²) in [6, 6.07) is 5.65. The number of carbonyl (C=O) groups is 1. The van der Waals surface area contributed by atoms with Crippen LogP contribution in [0.1, 0.15) is 24.8 Å². The van der Waals surface area contributed by atoms with Gasteiger partial charge in [-0.2, -0.15) is 0 Å². The van der Waals surface area contributed by atoms with Crippen LogP contribution in [0, 0.1) is 5.92 Å². The molecule has 1 atom stereocenters. The number of urea groups is 1. The SMILES string of the molecule is O=C(NCC1CCCOC1)Nc1ccc2c(c1)CCCO2. The fourth-order valence-electron chi connectivity index (χ4n) is 2.82. The van der Waals surface area contributed by atoms with Crippen LogP contribution in [0.15, 0.2) is 18.2 Å². The zero-order valence-electron chi connectivity index (χ0n) is 12.2. The van der Waals surface area contributed by atoms with E-state index in [1.54, 1.807) is 0 Å². The van der Waals surface area contributed by atoms with Crippen molar-refractivity contribution in [2.45, 2.75) is 25.7 Å². The van der Waals surface area contributed by atoms with Crippen LogP contribution in [-0.4, -0.2) is 32.4 Å². The molecule has 1 aromatic rings. The molecule has 5 heteroatoms. The molecule has 114 valence electrons. The summed E-state index contributed by atoms with van der Waals surface area (Å²) in [4.78, 5) is 11.9. The lowest BCUT2D eigenvalue weighted by molar-refractivity contribution is 0.0559. The van der Waals surface area contributed by atoms with Gasteiger partial charge in [0.05, 0.1) is 13.2 Å². The van der Waals surface area contributed by atoms with Crippen LogP contribution in [-0.2, 0) is 11.2 Å². The molecule has 2 aliphatic rings. The van der Waals surface area contributed by atoms with Gasteiger partial charge in [0.15, 0.2) is 0 Å². The third-order valence-corrected chi connectivity index (χ3v) is 3.97. The molecule has 21 heavy (non-hydrogen) atoms. The smallest absolute Gasteiger partial charge is 0.319 e. The summed E-state index contributed by atoms with van der Waals surface area (Å²) >= 11 is 0. The van der Waals surface area contributed by atoms with Gasteiger partial charge in [-0.15, -0.1) is 0 Å². The summed E-state index contributed by atoms with van der Waals surface area (Å²) in [6.07, 6.45) is 4.24. The topological polar surface area (TPSA) is 59.6 Å². The van der Waals surface area contributed by atoms with E-state index in [2.05, 4.69) is 10.6 Å². The molecule has 0 aliphatic carbocycles. The highest BCUT2D eigenvalue weighted by Crippen LogP contribution is 2.27. The van der Waals surface area contributed by atoms with Gasteiger partial charge < -0.3 is 20.1 Å². The molecule has 2 aliphatic heterocycles. The molecule has 2 heterocycles. The fraction of sp³-hybridized carbons (Fsp3) is 0.562. The molecule has 2 N–H and O–H groups in total. The maximum atomic E-state index is 11.9. The molecule has 3 rings (SSSR count). The Labute approximate surface area is 125 Å². The predicted octanol–water partition coefficient (Wildman–Crippen LogP) is 2.56. The van der Waals surface area contributed by atoms with E-state index in [4.69, 9.17) is 9.47 Å². The number of hydrogen-bond acceptors (Lipinski definition) is 3. The standard InChI is InChI=1S/C16H22N2O3/c19-16(17-10-12-3-1-7-20-11-12)18-14-5-6-15-13(9-14)4-2-8-21-15/h5-6,9,12H,1-4,7-8,10-11H2,(H2,17,18,19). The van der Waals surface area contributed by atoms with Crippen LogP contribution >= 0.6 is 0 Å². The van der Waals surface area contributed by atoms with E-state index < -0.39 is 0 Å². The number of aryl methyl sites for hydroxylation is 1. The molecule has 1 saturated heterocycles. The van der Waals surface area contributed by atoms with E-state index >= 15 is 0 Å². The highest BCUT2D eigenvalue weighted by molar-refractivity contribution is 5.89. The first-order chi connectivity index (χ1) is 10.3. The Kier molecular flexibility index (Phi) is 4.60. The normalized spacial score (nSPS) is 21.0. The van der Waals surface area contributed by atoms with E-state index in [0.29, 0.717) is 12.5 Å². The first kappa shape index (κ1) is 14.2. The quantitative estimate of drug-likeness (QED) is 0.899. The highest BCUT2D eigenvalue weighted by Gasteiger charge is 2.15. The predicted molar refractivity (Wildman–Crippen MR) is 80.8 cm³/mol. The second kappa shape index (κ2) is 6.80. The number of amides is 2. The van der Waals surface area contributed by atoms with E-state index in [-0.39, 0.29) is 6.03 Å². The molecular weight excluding hydrogens is 268 g/mol. The molecule has 0 radical (unpaired) electrons. The van der Waals surface area contributed by atoms with Crippen molar-refractivity contribution in [1.82, 2.24) is 5.32 Å². The molecule has 1 aromatic carbocycles. The molecule has 0 spiro atoms. The molecule has 1 unspecified atom stereocenters. The van der Waals surface area contributed by atoms with Crippen LogP contribution in [0.2, 0.25) is 0 Å². The van der Waals surface area contributed by atoms with E-state index in [1.807, 2.05) is 18.2 Å². The van der Waals surface area contributed by atoms with Crippen molar-refractivity contribution in [1.29, 1.82) is 0 Å².